The van der Waals surface area contributed by atoms with Crippen LogP contribution in [0.3, 0.4) is 0 Å². The van der Waals surface area contributed by atoms with Crippen LogP contribution in [-0.2, 0) is 6.54 Å². The number of hydrogen-bond acceptors (Lipinski definition) is 5. The highest BCUT2D eigenvalue weighted by molar-refractivity contribution is 7.03. The summed E-state index contributed by atoms with van der Waals surface area (Å²) < 4.78 is 3.75. The third-order valence-electron chi connectivity index (χ3n) is 1.39. The standard InChI is InChI=1S/C6H12N4S/c1-5(2-7)8-3-6-4-11-10-9-6/h4-5,8H,2-3,7H2,1H3/t5-/m1/s1. The number of rotatable bonds is 4. The maximum absolute atomic E-state index is 5.42. The Bertz CT molecular complexity index is 186. The Morgan fingerprint density at radius 3 is 3.18 bits per heavy atom. The molecule has 0 spiro atoms. The van der Waals surface area contributed by atoms with Crippen LogP contribution in [0.15, 0.2) is 5.38 Å². The number of nitrogens with one attached hydrogen (secondary N) is 1. The molecule has 1 aromatic heterocycles. The van der Waals surface area contributed by atoms with Crippen molar-refractivity contribution in [1.82, 2.24) is 14.9 Å². The first kappa shape index (κ1) is 8.58. The quantitative estimate of drug-likeness (QED) is 0.669. The zero-order valence-corrected chi connectivity index (χ0v) is 7.27. The Hall–Kier alpha value is -0.520. The van der Waals surface area contributed by atoms with Crippen molar-refractivity contribution in [2.45, 2.75) is 19.5 Å². The minimum Gasteiger partial charge on any atom is -0.329 e. The summed E-state index contributed by atoms with van der Waals surface area (Å²) in [5.74, 6) is 0. The van der Waals surface area contributed by atoms with Gasteiger partial charge in [0.1, 0.15) is 0 Å². The maximum atomic E-state index is 5.42. The monoisotopic (exact) mass is 172 g/mol. The Kier molecular flexibility index (Phi) is 3.41. The fraction of sp³-hybridized carbons (Fsp3) is 0.667. The molecular formula is C6H12N4S. The summed E-state index contributed by atoms with van der Waals surface area (Å²) in [5.41, 5.74) is 6.40. The molecule has 0 bridgehead atoms. The molecule has 0 amide bonds. The predicted octanol–water partition coefficient (Wildman–Crippen LogP) is -0.0251. The predicted molar refractivity (Wildman–Crippen MR) is 45.3 cm³/mol. The summed E-state index contributed by atoms with van der Waals surface area (Å²) in [6, 6.07) is 0.344. The normalized spacial score (nSPS) is 13.3. The number of nitrogens with two attached hydrogens (primary N) is 1. The van der Waals surface area contributed by atoms with E-state index in [1.54, 1.807) is 0 Å². The van der Waals surface area contributed by atoms with Gasteiger partial charge >= 0.3 is 0 Å². The van der Waals surface area contributed by atoms with E-state index in [1.165, 1.54) is 11.5 Å². The molecule has 5 heteroatoms. The van der Waals surface area contributed by atoms with Crippen molar-refractivity contribution < 1.29 is 0 Å². The third-order valence-corrected chi connectivity index (χ3v) is 1.94. The fourth-order valence-electron chi connectivity index (χ4n) is 0.623. The van der Waals surface area contributed by atoms with Gasteiger partial charge in [-0.1, -0.05) is 4.49 Å². The van der Waals surface area contributed by atoms with Crippen LogP contribution in [0, 0.1) is 0 Å². The van der Waals surface area contributed by atoms with Crippen LogP contribution < -0.4 is 11.1 Å². The SMILES string of the molecule is C[C@H](CN)NCc1csnn1. The number of aromatic nitrogens is 2. The van der Waals surface area contributed by atoms with Gasteiger partial charge in [-0.05, 0) is 18.5 Å². The number of nitrogens with zero attached hydrogens (tertiary/aromatic N) is 2. The Labute approximate surface area is 70.0 Å². The average molecular weight is 172 g/mol. The van der Waals surface area contributed by atoms with Crippen molar-refractivity contribution in [3.8, 4) is 0 Å². The molecule has 0 aliphatic rings. The largest absolute Gasteiger partial charge is 0.329 e. The minimum absolute atomic E-state index is 0.344. The van der Waals surface area contributed by atoms with Crippen LogP contribution in [-0.4, -0.2) is 22.2 Å². The second-order valence-corrected chi connectivity index (χ2v) is 3.02. The molecule has 1 aromatic rings. The Balaban J connectivity index is 2.23. The highest BCUT2D eigenvalue weighted by atomic mass is 32.1. The zero-order valence-electron chi connectivity index (χ0n) is 6.45. The molecule has 62 valence electrons. The van der Waals surface area contributed by atoms with Gasteiger partial charge in [-0.25, -0.2) is 0 Å². The van der Waals surface area contributed by atoms with E-state index in [0.717, 1.165) is 12.2 Å². The van der Waals surface area contributed by atoms with E-state index in [0.29, 0.717) is 12.6 Å². The van der Waals surface area contributed by atoms with Gasteiger partial charge in [-0.3, -0.25) is 0 Å². The molecule has 1 atom stereocenters. The lowest BCUT2D eigenvalue weighted by molar-refractivity contribution is 0.550. The third kappa shape index (κ3) is 2.92. The van der Waals surface area contributed by atoms with E-state index in [1.807, 2.05) is 12.3 Å². The molecule has 1 heterocycles. The molecule has 0 unspecified atom stereocenters. The molecule has 0 fully saturated rings. The van der Waals surface area contributed by atoms with E-state index >= 15 is 0 Å². The molecule has 0 aromatic carbocycles. The molecule has 0 aliphatic carbocycles. The molecule has 0 aliphatic heterocycles. The van der Waals surface area contributed by atoms with E-state index in [-0.39, 0.29) is 0 Å². The van der Waals surface area contributed by atoms with Crippen LogP contribution in [0.5, 0.6) is 0 Å². The first-order chi connectivity index (χ1) is 5.33. The maximum Gasteiger partial charge on any atom is 0.0893 e. The summed E-state index contributed by atoms with van der Waals surface area (Å²) in [5, 5.41) is 9.03. The van der Waals surface area contributed by atoms with Gasteiger partial charge in [0.15, 0.2) is 0 Å². The molecule has 4 nitrogen and oxygen atoms in total. The molecule has 1 rings (SSSR count). The van der Waals surface area contributed by atoms with Crippen LogP contribution in [0.1, 0.15) is 12.6 Å². The summed E-state index contributed by atoms with van der Waals surface area (Å²) in [4.78, 5) is 0. The van der Waals surface area contributed by atoms with E-state index < -0.39 is 0 Å². The van der Waals surface area contributed by atoms with Gasteiger partial charge in [0.25, 0.3) is 0 Å². The Morgan fingerprint density at radius 2 is 2.64 bits per heavy atom. The van der Waals surface area contributed by atoms with E-state index in [9.17, 15) is 0 Å². The van der Waals surface area contributed by atoms with Gasteiger partial charge in [0.2, 0.25) is 0 Å². The molecule has 3 N–H and O–H groups in total. The molecule has 0 radical (unpaired) electrons. The van der Waals surface area contributed by atoms with Crippen molar-refractivity contribution in [2.24, 2.45) is 5.73 Å². The lowest BCUT2D eigenvalue weighted by atomic mass is 10.3. The topological polar surface area (TPSA) is 63.8 Å². The van der Waals surface area contributed by atoms with Crippen LogP contribution >= 0.6 is 11.5 Å². The Morgan fingerprint density at radius 1 is 1.82 bits per heavy atom. The van der Waals surface area contributed by atoms with Crippen LogP contribution in [0.4, 0.5) is 0 Å². The van der Waals surface area contributed by atoms with Gasteiger partial charge in [-0.2, -0.15) is 0 Å². The zero-order chi connectivity index (χ0) is 8.10. The van der Waals surface area contributed by atoms with E-state index in [4.69, 9.17) is 5.73 Å². The van der Waals surface area contributed by atoms with Crippen molar-refractivity contribution in [1.29, 1.82) is 0 Å². The van der Waals surface area contributed by atoms with Gasteiger partial charge in [0, 0.05) is 24.5 Å². The highest BCUT2D eigenvalue weighted by Crippen LogP contribution is 1.95. The number of hydrogen-bond donors (Lipinski definition) is 2. The fourth-order valence-corrected chi connectivity index (χ4v) is 1.07. The van der Waals surface area contributed by atoms with Crippen LogP contribution in [0.25, 0.3) is 0 Å². The molecule has 0 saturated carbocycles. The van der Waals surface area contributed by atoms with Gasteiger partial charge in [-0.15, -0.1) is 5.10 Å². The summed E-state index contributed by atoms with van der Waals surface area (Å²) in [6.45, 7) is 3.45. The second kappa shape index (κ2) is 4.38. The average Bonchev–Trinajstić information content (AvgIpc) is 2.52. The molecule has 0 saturated heterocycles. The lowest BCUT2D eigenvalue weighted by Crippen LogP contribution is -2.32. The summed E-state index contributed by atoms with van der Waals surface area (Å²) in [6.07, 6.45) is 0. The van der Waals surface area contributed by atoms with E-state index in [2.05, 4.69) is 14.9 Å². The van der Waals surface area contributed by atoms with Gasteiger partial charge in [0.05, 0.1) is 5.69 Å². The summed E-state index contributed by atoms with van der Waals surface area (Å²) in [7, 11) is 0. The molecular weight excluding hydrogens is 160 g/mol. The smallest absolute Gasteiger partial charge is 0.0893 e. The van der Waals surface area contributed by atoms with Crippen molar-refractivity contribution >= 4 is 11.5 Å². The summed E-state index contributed by atoms with van der Waals surface area (Å²) >= 11 is 1.37. The first-order valence-corrected chi connectivity index (χ1v) is 4.36. The minimum atomic E-state index is 0.344. The van der Waals surface area contributed by atoms with Gasteiger partial charge < -0.3 is 11.1 Å². The molecule has 11 heavy (non-hydrogen) atoms. The second-order valence-electron chi connectivity index (χ2n) is 2.41. The van der Waals surface area contributed by atoms with Crippen molar-refractivity contribution in [3.05, 3.63) is 11.1 Å². The van der Waals surface area contributed by atoms with Crippen molar-refractivity contribution in [2.75, 3.05) is 6.54 Å². The van der Waals surface area contributed by atoms with Crippen LogP contribution in [0.2, 0.25) is 0 Å². The van der Waals surface area contributed by atoms with Crippen molar-refractivity contribution in [3.63, 3.8) is 0 Å². The highest BCUT2D eigenvalue weighted by Gasteiger charge is 1.99. The lowest BCUT2D eigenvalue weighted by Gasteiger charge is -2.08. The first-order valence-electron chi connectivity index (χ1n) is 3.52.